The van der Waals surface area contributed by atoms with E-state index in [1.165, 1.54) is 5.56 Å². The molecule has 37 heavy (non-hydrogen) atoms. The van der Waals surface area contributed by atoms with E-state index in [9.17, 15) is 5.11 Å². The molecule has 194 valence electrons. The molecule has 0 saturated heterocycles. The van der Waals surface area contributed by atoms with Crippen LogP contribution in [0.15, 0.2) is 60.9 Å². The SMILES string of the molecule is C.C.C#CCN(C)Cc1ccc(O)c2ncccc12.C#CCN(C)Cc1ccc(OC)c2ncccc12. The Balaban J connectivity index is 0.000000351. The van der Waals surface area contributed by atoms with E-state index in [1.54, 1.807) is 25.6 Å². The zero-order valence-corrected chi connectivity index (χ0v) is 20.4. The molecule has 0 radical (unpaired) electrons. The molecule has 0 atom stereocenters. The van der Waals surface area contributed by atoms with Crippen LogP contribution in [0.5, 0.6) is 11.5 Å². The summed E-state index contributed by atoms with van der Waals surface area (Å²) >= 11 is 0. The Morgan fingerprint density at radius 3 is 1.78 bits per heavy atom. The van der Waals surface area contributed by atoms with Gasteiger partial charge in [-0.05, 0) is 49.5 Å². The Kier molecular flexibility index (Phi) is 12.6. The molecule has 0 saturated carbocycles. The number of nitrogens with zero attached hydrogens (tertiary/aromatic N) is 4. The number of phenolic OH excluding ortho intramolecular Hbond substituents is 1. The summed E-state index contributed by atoms with van der Waals surface area (Å²) in [6.07, 6.45) is 14.0. The van der Waals surface area contributed by atoms with Gasteiger partial charge in [-0.25, -0.2) is 0 Å². The Bertz CT molecular complexity index is 1370. The first-order valence-electron chi connectivity index (χ1n) is 11.2. The molecule has 0 aliphatic rings. The van der Waals surface area contributed by atoms with Gasteiger partial charge in [-0.1, -0.05) is 51.0 Å². The molecule has 4 rings (SSSR count). The number of methoxy groups -OCH3 is 1. The molecule has 0 amide bonds. The van der Waals surface area contributed by atoms with E-state index in [4.69, 9.17) is 17.6 Å². The van der Waals surface area contributed by atoms with Gasteiger partial charge in [0.2, 0.25) is 0 Å². The van der Waals surface area contributed by atoms with Crippen molar-refractivity contribution in [3.8, 4) is 36.2 Å². The van der Waals surface area contributed by atoms with Crippen LogP contribution in [0, 0.1) is 24.7 Å². The number of ether oxygens (including phenoxy) is 1. The molecular weight excluding hydrogens is 460 g/mol. The third-order valence-electron chi connectivity index (χ3n) is 5.48. The first-order valence-corrected chi connectivity index (χ1v) is 11.2. The smallest absolute Gasteiger partial charge is 0.145 e. The van der Waals surface area contributed by atoms with Crippen LogP contribution in [0.2, 0.25) is 0 Å². The van der Waals surface area contributed by atoms with E-state index in [-0.39, 0.29) is 20.6 Å². The van der Waals surface area contributed by atoms with Gasteiger partial charge in [-0.2, -0.15) is 0 Å². The predicted octanol–water partition coefficient (Wildman–Crippen LogP) is 5.59. The van der Waals surface area contributed by atoms with Gasteiger partial charge in [-0.3, -0.25) is 19.8 Å². The number of benzene rings is 2. The van der Waals surface area contributed by atoms with E-state index in [0.29, 0.717) is 18.6 Å². The summed E-state index contributed by atoms with van der Waals surface area (Å²) in [5.41, 5.74) is 3.85. The number of phenols is 1. The van der Waals surface area contributed by atoms with Crippen LogP contribution in [0.4, 0.5) is 0 Å². The molecule has 2 aromatic carbocycles. The first-order chi connectivity index (χ1) is 17.0. The zero-order valence-electron chi connectivity index (χ0n) is 20.4. The fourth-order valence-corrected chi connectivity index (χ4v) is 3.87. The van der Waals surface area contributed by atoms with Crippen molar-refractivity contribution in [1.29, 1.82) is 0 Å². The highest BCUT2D eigenvalue weighted by Crippen LogP contribution is 2.27. The molecule has 4 aromatic rings. The quantitative estimate of drug-likeness (QED) is 0.335. The Morgan fingerprint density at radius 2 is 1.27 bits per heavy atom. The van der Waals surface area contributed by atoms with E-state index in [0.717, 1.165) is 40.7 Å². The molecule has 0 unspecified atom stereocenters. The van der Waals surface area contributed by atoms with Crippen molar-refractivity contribution in [2.75, 3.05) is 34.3 Å². The van der Waals surface area contributed by atoms with Crippen LogP contribution < -0.4 is 4.74 Å². The maximum atomic E-state index is 9.72. The summed E-state index contributed by atoms with van der Waals surface area (Å²) in [6.45, 7) is 2.78. The van der Waals surface area contributed by atoms with Crippen molar-refractivity contribution in [3.63, 3.8) is 0 Å². The molecule has 0 aliphatic carbocycles. The number of pyridine rings is 2. The minimum Gasteiger partial charge on any atom is -0.506 e. The monoisotopic (exact) mass is 498 g/mol. The second kappa shape index (κ2) is 15.1. The third kappa shape index (κ3) is 7.95. The van der Waals surface area contributed by atoms with Gasteiger partial charge in [0.05, 0.1) is 20.2 Å². The van der Waals surface area contributed by atoms with Crippen LogP contribution >= 0.6 is 0 Å². The predicted molar refractivity (Wildman–Crippen MR) is 155 cm³/mol. The molecule has 0 fully saturated rings. The average molecular weight is 499 g/mol. The van der Waals surface area contributed by atoms with Gasteiger partial charge in [-0.15, -0.1) is 12.8 Å². The van der Waals surface area contributed by atoms with E-state index >= 15 is 0 Å². The minimum atomic E-state index is 0. The van der Waals surface area contributed by atoms with E-state index in [2.05, 4.69) is 38.8 Å². The zero-order chi connectivity index (χ0) is 25.2. The van der Waals surface area contributed by atoms with Crippen molar-refractivity contribution in [2.45, 2.75) is 27.9 Å². The summed E-state index contributed by atoms with van der Waals surface area (Å²) in [5, 5.41) is 11.8. The average Bonchev–Trinajstić information content (AvgIpc) is 2.87. The number of hydrogen-bond donors (Lipinski definition) is 1. The fraction of sp³-hybridized carbons (Fsp3) is 0.290. The van der Waals surface area contributed by atoms with Crippen LogP contribution in [0.1, 0.15) is 26.0 Å². The lowest BCUT2D eigenvalue weighted by Crippen LogP contribution is -2.18. The van der Waals surface area contributed by atoms with Gasteiger partial charge in [0.15, 0.2) is 0 Å². The van der Waals surface area contributed by atoms with Crippen molar-refractivity contribution in [2.24, 2.45) is 0 Å². The minimum absolute atomic E-state index is 0. The van der Waals surface area contributed by atoms with Crippen LogP contribution in [-0.4, -0.2) is 59.2 Å². The van der Waals surface area contributed by atoms with Gasteiger partial charge >= 0.3 is 0 Å². The van der Waals surface area contributed by atoms with Gasteiger partial charge in [0.25, 0.3) is 0 Å². The summed E-state index contributed by atoms with van der Waals surface area (Å²) in [6, 6.07) is 15.4. The van der Waals surface area contributed by atoms with Crippen molar-refractivity contribution in [1.82, 2.24) is 19.8 Å². The molecule has 1 N–H and O–H groups in total. The highest BCUT2D eigenvalue weighted by Gasteiger charge is 2.09. The van der Waals surface area contributed by atoms with Crippen molar-refractivity contribution >= 4 is 21.8 Å². The second-order valence-corrected chi connectivity index (χ2v) is 8.22. The largest absolute Gasteiger partial charge is 0.506 e. The summed E-state index contributed by atoms with van der Waals surface area (Å²) in [7, 11) is 5.63. The summed E-state index contributed by atoms with van der Waals surface area (Å²) < 4.78 is 5.33. The number of hydrogen-bond acceptors (Lipinski definition) is 6. The summed E-state index contributed by atoms with van der Waals surface area (Å²) in [5.74, 6) is 6.26. The van der Waals surface area contributed by atoms with Gasteiger partial charge in [0.1, 0.15) is 22.5 Å². The normalized spacial score (nSPS) is 10.0. The van der Waals surface area contributed by atoms with Crippen molar-refractivity contribution < 1.29 is 9.84 Å². The second-order valence-electron chi connectivity index (χ2n) is 8.22. The highest BCUT2D eigenvalue weighted by atomic mass is 16.5. The molecule has 0 aliphatic heterocycles. The third-order valence-corrected chi connectivity index (χ3v) is 5.48. The lowest BCUT2D eigenvalue weighted by Gasteiger charge is -2.15. The maximum absolute atomic E-state index is 9.72. The molecule has 0 spiro atoms. The number of terminal acetylenes is 2. The van der Waals surface area contributed by atoms with E-state index in [1.807, 2.05) is 49.3 Å². The highest BCUT2D eigenvalue weighted by molar-refractivity contribution is 5.88. The Hall–Kier alpha value is -4.10. The lowest BCUT2D eigenvalue weighted by atomic mass is 10.1. The Labute approximate surface area is 221 Å². The number of aromatic hydroxyl groups is 1. The molecule has 6 heteroatoms. The van der Waals surface area contributed by atoms with Crippen LogP contribution in [0.25, 0.3) is 21.8 Å². The number of rotatable bonds is 7. The Morgan fingerprint density at radius 1 is 0.784 bits per heavy atom. The van der Waals surface area contributed by atoms with Crippen LogP contribution in [0.3, 0.4) is 0 Å². The molecule has 2 heterocycles. The maximum Gasteiger partial charge on any atom is 0.145 e. The summed E-state index contributed by atoms with van der Waals surface area (Å²) in [4.78, 5) is 12.7. The standard InChI is InChI=1S/C15H16N2O.C14H14N2O.2CH4/c1-4-10-17(2)11-12-7-8-14(18-3)15-13(12)6-5-9-16-15;1-3-9-16(2)10-11-6-7-13(17)14-12(11)5-4-8-15-14;;/h1,5-9H,10-11H2,2-3H3;1,4-8,17H,9-10H2,2H3;2*1H4. The first kappa shape index (κ1) is 30.9. The molecule has 6 nitrogen and oxygen atoms in total. The van der Waals surface area contributed by atoms with Crippen LogP contribution in [-0.2, 0) is 13.1 Å². The van der Waals surface area contributed by atoms with Gasteiger partial charge in [0, 0.05) is 36.3 Å². The molecular formula is C31H38N4O2. The topological polar surface area (TPSA) is 61.7 Å². The van der Waals surface area contributed by atoms with E-state index < -0.39 is 0 Å². The number of aromatic nitrogens is 2. The fourth-order valence-electron chi connectivity index (χ4n) is 3.87. The molecule has 0 bridgehead atoms. The van der Waals surface area contributed by atoms with Gasteiger partial charge < -0.3 is 9.84 Å². The molecule has 2 aromatic heterocycles. The van der Waals surface area contributed by atoms with Crippen molar-refractivity contribution in [3.05, 3.63) is 72.1 Å². The number of fused-ring (bicyclic) bond motifs is 2. The lowest BCUT2D eigenvalue weighted by molar-refractivity contribution is 0.370.